The zero-order valence-corrected chi connectivity index (χ0v) is 11.1. The van der Waals surface area contributed by atoms with Gasteiger partial charge in [0.2, 0.25) is 5.89 Å². The summed E-state index contributed by atoms with van der Waals surface area (Å²) in [6.07, 6.45) is 6.54. The molecular weight excluding hydrogens is 230 g/mol. The number of aromatic nitrogens is 2. The van der Waals surface area contributed by atoms with Crippen LogP contribution in [0.4, 0.5) is 0 Å². The van der Waals surface area contributed by atoms with Crippen LogP contribution in [0.15, 0.2) is 4.52 Å². The molecule has 0 aromatic carbocycles. The number of hydrogen-bond donors (Lipinski definition) is 1. The van der Waals surface area contributed by atoms with Gasteiger partial charge in [0.15, 0.2) is 5.82 Å². The minimum atomic E-state index is 0.244. The molecule has 0 saturated heterocycles. The molecule has 1 saturated carbocycles. The quantitative estimate of drug-likeness (QED) is 0.765. The molecule has 2 rings (SSSR count). The first-order valence-electron chi connectivity index (χ1n) is 7.00. The Balaban J connectivity index is 1.89. The van der Waals surface area contributed by atoms with Crippen molar-refractivity contribution in [3.05, 3.63) is 11.7 Å². The van der Waals surface area contributed by atoms with Crippen LogP contribution in [-0.4, -0.2) is 39.3 Å². The minimum Gasteiger partial charge on any atom is -0.396 e. The van der Waals surface area contributed by atoms with Crippen molar-refractivity contribution in [1.29, 1.82) is 0 Å². The smallest absolute Gasteiger partial charge is 0.240 e. The lowest BCUT2D eigenvalue weighted by atomic mass is 9.91. The second kappa shape index (κ2) is 6.85. The van der Waals surface area contributed by atoms with E-state index in [1.54, 1.807) is 0 Å². The molecule has 1 aliphatic rings. The van der Waals surface area contributed by atoms with E-state index in [2.05, 4.69) is 22.0 Å². The third kappa shape index (κ3) is 3.53. The number of aliphatic hydroxyl groups excluding tert-OH is 1. The van der Waals surface area contributed by atoms with Crippen LogP contribution < -0.4 is 0 Å². The highest BCUT2D eigenvalue weighted by molar-refractivity contribution is 4.89. The third-order valence-electron chi connectivity index (χ3n) is 3.52. The summed E-state index contributed by atoms with van der Waals surface area (Å²) >= 11 is 0. The maximum Gasteiger partial charge on any atom is 0.240 e. The van der Waals surface area contributed by atoms with Crippen molar-refractivity contribution in [2.45, 2.75) is 58.0 Å². The summed E-state index contributed by atoms with van der Waals surface area (Å²) in [5.41, 5.74) is 0. The molecule has 0 bridgehead atoms. The average molecular weight is 253 g/mol. The molecule has 0 amide bonds. The van der Waals surface area contributed by atoms with Crippen LogP contribution in [0, 0.1) is 0 Å². The van der Waals surface area contributed by atoms with Crippen molar-refractivity contribution < 1.29 is 9.63 Å². The highest BCUT2D eigenvalue weighted by atomic mass is 16.5. The standard InChI is InChI=1S/C13H23N3O2/c1-2-5-12-14-13(18-15-12)10-16(8-4-9-17)11-6-3-7-11/h11,17H,2-10H2,1H3. The third-order valence-corrected chi connectivity index (χ3v) is 3.52. The van der Waals surface area contributed by atoms with Gasteiger partial charge in [-0.25, -0.2) is 0 Å². The van der Waals surface area contributed by atoms with Crippen LogP contribution in [0.1, 0.15) is 50.7 Å². The van der Waals surface area contributed by atoms with Gasteiger partial charge in [0.1, 0.15) is 0 Å². The van der Waals surface area contributed by atoms with Gasteiger partial charge in [-0.2, -0.15) is 4.98 Å². The Bertz CT molecular complexity index is 350. The molecule has 1 N–H and O–H groups in total. The molecule has 0 atom stereocenters. The van der Waals surface area contributed by atoms with E-state index in [0.29, 0.717) is 11.9 Å². The van der Waals surface area contributed by atoms with Crippen LogP contribution >= 0.6 is 0 Å². The molecule has 0 spiro atoms. The fraction of sp³-hybridized carbons (Fsp3) is 0.846. The molecule has 1 aliphatic carbocycles. The Morgan fingerprint density at radius 3 is 2.89 bits per heavy atom. The highest BCUT2D eigenvalue weighted by Crippen LogP contribution is 2.26. The van der Waals surface area contributed by atoms with Gasteiger partial charge in [0, 0.05) is 25.6 Å². The van der Waals surface area contributed by atoms with Gasteiger partial charge in [0.25, 0.3) is 0 Å². The van der Waals surface area contributed by atoms with E-state index in [-0.39, 0.29) is 6.61 Å². The molecule has 1 heterocycles. The van der Waals surface area contributed by atoms with Gasteiger partial charge in [-0.3, -0.25) is 4.90 Å². The molecule has 18 heavy (non-hydrogen) atoms. The Morgan fingerprint density at radius 2 is 2.28 bits per heavy atom. The maximum absolute atomic E-state index is 8.95. The molecule has 1 aromatic rings. The average Bonchev–Trinajstić information content (AvgIpc) is 2.72. The van der Waals surface area contributed by atoms with Gasteiger partial charge in [-0.1, -0.05) is 18.5 Å². The monoisotopic (exact) mass is 253 g/mol. The Labute approximate surface area is 108 Å². The zero-order chi connectivity index (χ0) is 12.8. The summed E-state index contributed by atoms with van der Waals surface area (Å²) < 4.78 is 5.28. The van der Waals surface area contributed by atoms with E-state index in [1.807, 2.05) is 0 Å². The zero-order valence-electron chi connectivity index (χ0n) is 11.1. The van der Waals surface area contributed by atoms with Gasteiger partial charge >= 0.3 is 0 Å². The predicted octanol–water partition coefficient (Wildman–Crippen LogP) is 1.76. The molecule has 1 fully saturated rings. The van der Waals surface area contributed by atoms with E-state index in [0.717, 1.165) is 38.2 Å². The lowest BCUT2D eigenvalue weighted by Gasteiger charge is -2.36. The van der Waals surface area contributed by atoms with E-state index in [9.17, 15) is 0 Å². The maximum atomic E-state index is 8.95. The fourth-order valence-electron chi connectivity index (χ4n) is 2.27. The highest BCUT2D eigenvalue weighted by Gasteiger charge is 2.25. The lowest BCUT2D eigenvalue weighted by Crippen LogP contribution is -2.40. The summed E-state index contributed by atoms with van der Waals surface area (Å²) in [7, 11) is 0. The van der Waals surface area contributed by atoms with Crippen LogP contribution in [0.5, 0.6) is 0 Å². The minimum absolute atomic E-state index is 0.244. The van der Waals surface area contributed by atoms with Crippen LogP contribution in [-0.2, 0) is 13.0 Å². The summed E-state index contributed by atoms with van der Waals surface area (Å²) in [6, 6.07) is 0.637. The largest absolute Gasteiger partial charge is 0.396 e. The number of hydrogen-bond acceptors (Lipinski definition) is 5. The van der Waals surface area contributed by atoms with Crippen molar-refractivity contribution in [2.75, 3.05) is 13.2 Å². The van der Waals surface area contributed by atoms with E-state index in [4.69, 9.17) is 9.63 Å². The first-order valence-corrected chi connectivity index (χ1v) is 7.00. The Hall–Kier alpha value is -0.940. The molecule has 0 aliphatic heterocycles. The van der Waals surface area contributed by atoms with E-state index < -0.39 is 0 Å². The van der Waals surface area contributed by atoms with Crippen LogP contribution in [0.25, 0.3) is 0 Å². The molecular formula is C13H23N3O2. The fourth-order valence-corrected chi connectivity index (χ4v) is 2.27. The lowest BCUT2D eigenvalue weighted by molar-refractivity contribution is 0.0969. The molecule has 5 nitrogen and oxygen atoms in total. The van der Waals surface area contributed by atoms with E-state index >= 15 is 0 Å². The van der Waals surface area contributed by atoms with Gasteiger partial charge < -0.3 is 9.63 Å². The molecule has 0 radical (unpaired) electrons. The van der Waals surface area contributed by atoms with Gasteiger partial charge in [0.05, 0.1) is 6.54 Å². The summed E-state index contributed by atoms with van der Waals surface area (Å²) in [4.78, 5) is 6.77. The van der Waals surface area contributed by atoms with E-state index in [1.165, 1.54) is 19.3 Å². The number of nitrogens with zero attached hydrogens (tertiary/aromatic N) is 3. The number of rotatable bonds is 8. The molecule has 1 aromatic heterocycles. The van der Waals surface area contributed by atoms with Gasteiger partial charge in [-0.05, 0) is 25.7 Å². The summed E-state index contributed by atoms with van der Waals surface area (Å²) in [5.74, 6) is 1.52. The number of aryl methyl sites for hydroxylation is 1. The first kappa shape index (κ1) is 13.5. The van der Waals surface area contributed by atoms with Crippen LogP contribution in [0.2, 0.25) is 0 Å². The molecule has 5 heteroatoms. The summed E-state index contributed by atoms with van der Waals surface area (Å²) in [5, 5.41) is 12.9. The molecule has 0 unspecified atom stereocenters. The topological polar surface area (TPSA) is 62.4 Å². The predicted molar refractivity (Wildman–Crippen MR) is 68.0 cm³/mol. The van der Waals surface area contributed by atoms with Crippen molar-refractivity contribution in [3.63, 3.8) is 0 Å². The Kier molecular flexibility index (Phi) is 5.13. The van der Waals surface area contributed by atoms with Crippen molar-refractivity contribution >= 4 is 0 Å². The summed E-state index contributed by atoms with van der Waals surface area (Å²) in [6.45, 7) is 3.99. The van der Waals surface area contributed by atoms with Crippen molar-refractivity contribution in [1.82, 2.24) is 15.0 Å². The van der Waals surface area contributed by atoms with Gasteiger partial charge in [-0.15, -0.1) is 0 Å². The second-order valence-electron chi connectivity index (χ2n) is 4.99. The van der Waals surface area contributed by atoms with Crippen molar-refractivity contribution in [3.8, 4) is 0 Å². The molecule has 102 valence electrons. The first-order chi connectivity index (χ1) is 8.83. The van der Waals surface area contributed by atoms with Crippen molar-refractivity contribution in [2.24, 2.45) is 0 Å². The van der Waals surface area contributed by atoms with Crippen LogP contribution in [0.3, 0.4) is 0 Å². The SMILES string of the molecule is CCCc1noc(CN(CCCO)C2CCC2)n1. The Morgan fingerprint density at radius 1 is 1.44 bits per heavy atom. The normalized spacial score (nSPS) is 16.2. The second-order valence-corrected chi connectivity index (χ2v) is 4.99. The number of aliphatic hydroxyl groups is 1.